The molecule has 0 spiro atoms. The van der Waals surface area contributed by atoms with Crippen LogP contribution in [0, 0.1) is 3.57 Å². The molecule has 1 aromatic heterocycles. The van der Waals surface area contributed by atoms with E-state index in [0.29, 0.717) is 12.0 Å². The normalized spacial score (nSPS) is 10.1. The fraction of sp³-hybridized carbons (Fsp3) is 0. The quantitative estimate of drug-likeness (QED) is 0.626. The number of aromatic nitrogens is 3. The molecular formula is C9H6IN3O. The molecule has 0 bridgehead atoms. The lowest BCUT2D eigenvalue weighted by molar-refractivity contribution is 0.111. The molecule has 0 unspecified atom stereocenters. The predicted octanol–water partition coefficient (Wildman–Crippen LogP) is 1.68. The molecule has 0 amide bonds. The largest absolute Gasteiger partial charge is 0.296 e. The molecule has 0 aliphatic carbocycles. The Bertz CT molecular complexity index is 467. The van der Waals surface area contributed by atoms with E-state index in [4.69, 9.17) is 0 Å². The Hall–Kier alpha value is -1.24. The highest BCUT2D eigenvalue weighted by Gasteiger charge is 2.01. The SMILES string of the molecule is O=Cc1cn(-c2cccc(I)c2)nn1. The van der Waals surface area contributed by atoms with E-state index >= 15 is 0 Å². The van der Waals surface area contributed by atoms with Gasteiger partial charge in [0.1, 0.15) is 5.69 Å². The van der Waals surface area contributed by atoms with E-state index in [-0.39, 0.29) is 0 Å². The Balaban J connectivity index is 2.43. The molecule has 0 fully saturated rings. The molecule has 70 valence electrons. The number of nitrogens with zero attached hydrogens (tertiary/aromatic N) is 3. The molecule has 2 aromatic rings. The van der Waals surface area contributed by atoms with Gasteiger partial charge in [-0.3, -0.25) is 4.79 Å². The van der Waals surface area contributed by atoms with Crippen LogP contribution in [0.5, 0.6) is 0 Å². The van der Waals surface area contributed by atoms with E-state index in [0.717, 1.165) is 9.26 Å². The van der Waals surface area contributed by atoms with Crippen LogP contribution in [-0.2, 0) is 0 Å². The maximum atomic E-state index is 10.4. The van der Waals surface area contributed by atoms with Crippen LogP contribution in [0.15, 0.2) is 30.5 Å². The standard InChI is InChI=1S/C9H6IN3O/c10-7-2-1-3-9(4-7)13-5-8(6-14)11-12-13/h1-6H. The van der Waals surface area contributed by atoms with Gasteiger partial charge in [0.25, 0.3) is 0 Å². The summed E-state index contributed by atoms with van der Waals surface area (Å²) in [7, 11) is 0. The summed E-state index contributed by atoms with van der Waals surface area (Å²) in [4.78, 5) is 10.4. The minimum absolute atomic E-state index is 0.337. The van der Waals surface area contributed by atoms with Crippen LogP contribution >= 0.6 is 22.6 Å². The molecule has 0 N–H and O–H groups in total. The van der Waals surface area contributed by atoms with Crippen molar-refractivity contribution in [1.82, 2.24) is 15.0 Å². The van der Waals surface area contributed by atoms with Crippen molar-refractivity contribution in [3.63, 3.8) is 0 Å². The molecule has 0 saturated carbocycles. The van der Waals surface area contributed by atoms with Gasteiger partial charge in [0.05, 0.1) is 11.9 Å². The van der Waals surface area contributed by atoms with Crippen LogP contribution in [0.4, 0.5) is 0 Å². The summed E-state index contributed by atoms with van der Waals surface area (Å²) in [6, 6.07) is 7.79. The molecule has 0 atom stereocenters. The maximum absolute atomic E-state index is 10.4. The van der Waals surface area contributed by atoms with Gasteiger partial charge in [-0.1, -0.05) is 11.3 Å². The minimum Gasteiger partial charge on any atom is -0.296 e. The number of halogens is 1. The van der Waals surface area contributed by atoms with E-state index < -0.39 is 0 Å². The molecular weight excluding hydrogens is 293 g/mol. The third-order valence-corrected chi connectivity index (χ3v) is 2.38. The topological polar surface area (TPSA) is 47.8 Å². The predicted molar refractivity (Wildman–Crippen MR) is 59.5 cm³/mol. The van der Waals surface area contributed by atoms with E-state index in [1.54, 1.807) is 10.9 Å². The Morgan fingerprint density at radius 2 is 2.29 bits per heavy atom. The van der Waals surface area contributed by atoms with Crippen LogP contribution < -0.4 is 0 Å². The molecule has 4 nitrogen and oxygen atoms in total. The maximum Gasteiger partial charge on any atom is 0.171 e. The van der Waals surface area contributed by atoms with Gasteiger partial charge in [-0.15, -0.1) is 5.10 Å². The van der Waals surface area contributed by atoms with Crippen molar-refractivity contribution in [2.24, 2.45) is 0 Å². The van der Waals surface area contributed by atoms with Gasteiger partial charge >= 0.3 is 0 Å². The second-order valence-electron chi connectivity index (χ2n) is 2.69. The van der Waals surface area contributed by atoms with Crippen molar-refractivity contribution in [1.29, 1.82) is 0 Å². The molecule has 2 rings (SSSR count). The summed E-state index contributed by atoms with van der Waals surface area (Å²) in [5.74, 6) is 0. The van der Waals surface area contributed by atoms with Crippen molar-refractivity contribution >= 4 is 28.9 Å². The summed E-state index contributed by atoms with van der Waals surface area (Å²) in [6.07, 6.45) is 2.27. The molecule has 1 aromatic carbocycles. The van der Waals surface area contributed by atoms with Crippen molar-refractivity contribution < 1.29 is 4.79 Å². The number of rotatable bonds is 2. The lowest BCUT2D eigenvalue weighted by Gasteiger charge is -1.98. The molecule has 0 aliphatic heterocycles. The fourth-order valence-electron chi connectivity index (χ4n) is 1.08. The Morgan fingerprint density at radius 1 is 1.43 bits per heavy atom. The Morgan fingerprint density at radius 3 is 2.93 bits per heavy atom. The van der Waals surface area contributed by atoms with Crippen molar-refractivity contribution in [3.05, 3.63) is 39.7 Å². The highest BCUT2D eigenvalue weighted by molar-refractivity contribution is 14.1. The zero-order chi connectivity index (χ0) is 9.97. The Labute approximate surface area is 94.1 Å². The smallest absolute Gasteiger partial charge is 0.171 e. The van der Waals surface area contributed by atoms with Gasteiger partial charge in [-0.05, 0) is 40.8 Å². The molecule has 0 aliphatic rings. The van der Waals surface area contributed by atoms with Gasteiger partial charge in [-0.25, -0.2) is 4.68 Å². The highest BCUT2D eigenvalue weighted by atomic mass is 127. The number of aldehydes is 1. The second-order valence-corrected chi connectivity index (χ2v) is 3.93. The summed E-state index contributed by atoms with van der Waals surface area (Å²) in [6.45, 7) is 0. The monoisotopic (exact) mass is 299 g/mol. The van der Waals surface area contributed by atoms with E-state index in [9.17, 15) is 4.79 Å². The number of benzene rings is 1. The first-order chi connectivity index (χ1) is 6.79. The van der Waals surface area contributed by atoms with Crippen LogP contribution in [0.25, 0.3) is 5.69 Å². The first-order valence-electron chi connectivity index (χ1n) is 3.93. The molecule has 5 heteroatoms. The third kappa shape index (κ3) is 1.82. The van der Waals surface area contributed by atoms with E-state index in [1.807, 2.05) is 24.3 Å². The average Bonchev–Trinajstić information content (AvgIpc) is 2.66. The van der Waals surface area contributed by atoms with Crippen LogP contribution in [0.2, 0.25) is 0 Å². The van der Waals surface area contributed by atoms with Gasteiger partial charge in [-0.2, -0.15) is 0 Å². The summed E-state index contributed by atoms with van der Waals surface area (Å²) >= 11 is 2.22. The molecule has 0 saturated heterocycles. The zero-order valence-electron chi connectivity index (χ0n) is 7.09. The minimum atomic E-state index is 0.337. The highest BCUT2D eigenvalue weighted by Crippen LogP contribution is 2.11. The summed E-state index contributed by atoms with van der Waals surface area (Å²) in [5, 5.41) is 7.51. The van der Waals surface area contributed by atoms with Crippen molar-refractivity contribution in [2.45, 2.75) is 0 Å². The lowest BCUT2D eigenvalue weighted by atomic mass is 10.3. The Kier molecular flexibility index (Phi) is 2.58. The van der Waals surface area contributed by atoms with E-state index in [2.05, 4.69) is 32.9 Å². The summed E-state index contributed by atoms with van der Waals surface area (Å²) in [5.41, 5.74) is 1.24. The number of carbonyl (C=O) groups is 1. The second kappa shape index (κ2) is 3.87. The van der Waals surface area contributed by atoms with Gasteiger partial charge in [0.15, 0.2) is 6.29 Å². The van der Waals surface area contributed by atoms with Crippen LogP contribution in [0.3, 0.4) is 0 Å². The van der Waals surface area contributed by atoms with Crippen molar-refractivity contribution in [3.8, 4) is 5.69 Å². The number of hydrogen-bond acceptors (Lipinski definition) is 3. The zero-order valence-corrected chi connectivity index (χ0v) is 9.25. The first kappa shape index (κ1) is 9.32. The van der Waals surface area contributed by atoms with Crippen molar-refractivity contribution in [2.75, 3.05) is 0 Å². The average molecular weight is 299 g/mol. The van der Waals surface area contributed by atoms with Crippen LogP contribution in [0.1, 0.15) is 10.5 Å². The molecule has 0 radical (unpaired) electrons. The number of carbonyl (C=O) groups excluding carboxylic acids is 1. The van der Waals surface area contributed by atoms with E-state index in [1.165, 1.54) is 0 Å². The first-order valence-corrected chi connectivity index (χ1v) is 5.01. The van der Waals surface area contributed by atoms with Gasteiger partial charge in [0.2, 0.25) is 0 Å². The number of hydrogen-bond donors (Lipinski definition) is 0. The van der Waals surface area contributed by atoms with Gasteiger partial charge in [0, 0.05) is 3.57 Å². The third-order valence-electron chi connectivity index (χ3n) is 1.70. The summed E-state index contributed by atoms with van der Waals surface area (Å²) < 4.78 is 2.69. The molecule has 14 heavy (non-hydrogen) atoms. The van der Waals surface area contributed by atoms with Crippen LogP contribution in [-0.4, -0.2) is 21.3 Å². The van der Waals surface area contributed by atoms with Gasteiger partial charge < -0.3 is 0 Å². The lowest BCUT2D eigenvalue weighted by Crippen LogP contribution is -1.94. The molecule has 1 heterocycles. The fourth-order valence-corrected chi connectivity index (χ4v) is 1.60.